The van der Waals surface area contributed by atoms with E-state index in [1.54, 1.807) is 16.4 Å². The zero-order valence-electron chi connectivity index (χ0n) is 23.0. The van der Waals surface area contributed by atoms with Gasteiger partial charge < -0.3 is 9.80 Å². The standard InChI is InChI=1S/C30H35N5O2S2/c1-20-5-12-24(13-6-20)39(36,37)35-17-15-34(16-18-35)29-27-25-14-7-21(2)19-26(25)38-30(27)32-28(31-29)22-8-10-23(11-9-22)33(3)4/h5-6,8-13,21H,7,14-19H2,1-4H3. The SMILES string of the molecule is Cc1ccc(S(=O)(=O)N2CCN(c3nc(-c4ccc(N(C)C)cc4)nc4sc5c(c34)CCC(C)C5)CC2)cc1. The van der Waals surface area contributed by atoms with Gasteiger partial charge in [-0.2, -0.15) is 4.31 Å². The van der Waals surface area contributed by atoms with Crippen LogP contribution in [-0.2, 0) is 22.9 Å². The summed E-state index contributed by atoms with van der Waals surface area (Å²) in [5.41, 5.74) is 4.56. The molecule has 6 rings (SSSR count). The Bertz CT molecular complexity index is 1600. The van der Waals surface area contributed by atoms with Crippen LogP contribution in [0.15, 0.2) is 53.4 Å². The first kappa shape index (κ1) is 26.2. The van der Waals surface area contributed by atoms with Crippen LogP contribution >= 0.6 is 11.3 Å². The number of benzene rings is 2. The number of thiophene rings is 1. The third-order valence-electron chi connectivity index (χ3n) is 7.97. The number of hydrogen-bond acceptors (Lipinski definition) is 7. The lowest BCUT2D eigenvalue weighted by Crippen LogP contribution is -2.49. The predicted molar refractivity (Wildman–Crippen MR) is 161 cm³/mol. The number of sulfonamides is 1. The molecule has 1 aliphatic carbocycles. The van der Waals surface area contributed by atoms with E-state index >= 15 is 0 Å². The van der Waals surface area contributed by atoms with E-state index in [9.17, 15) is 8.42 Å². The van der Waals surface area contributed by atoms with Crippen LogP contribution in [0.3, 0.4) is 0 Å². The molecule has 204 valence electrons. The lowest BCUT2D eigenvalue weighted by atomic mass is 9.89. The predicted octanol–water partition coefficient (Wildman–Crippen LogP) is 5.37. The summed E-state index contributed by atoms with van der Waals surface area (Å²) in [6.45, 7) is 6.34. The van der Waals surface area contributed by atoms with E-state index in [1.165, 1.54) is 22.2 Å². The molecule has 0 bridgehead atoms. The van der Waals surface area contributed by atoms with Crippen LogP contribution in [0.1, 0.15) is 29.3 Å². The molecule has 1 atom stereocenters. The molecule has 2 aromatic carbocycles. The van der Waals surface area contributed by atoms with Crippen molar-refractivity contribution < 1.29 is 8.42 Å². The van der Waals surface area contributed by atoms with Crippen molar-refractivity contribution in [3.63, 3.8) is 0 Å². The van der Waals surface area contributed by atoms with Crippen molar-refractivity contribution in [3.05, 3.63) is 64.5 Å². The highest BCUT2D eigenvalue weighted by Gasteiger charge is 2.32. The normalized spacial score (nSPS) is 18.4. The molecule has 1 fully saturated rings. The summed E-state index contributed by atoms with van der Waals surface area (Å²) in [5, 5.41) is 1.17. The average molecular weight is 562 g/mol. The maximum atomic E-state index is 13.3. The number of rotatable bonds is 5. The van der Waals surface area contributed by atoms with E-state index < -0.39 is 10.0 Å². The van der Waals surface area contributed by atoms with Crippen LogP contribution in [0, 0.1) is 12.8 Å². The lowest BCUT2D eigenvalue weighted by molar-refractivity contribution is 0.384. The van der Waals surface area contributed by atoms with Crippen molar-refractivity contribution in [2.75, 3.05) is 50.1 Å². The molecule has 0 spiro atoms. The Morgan fingerprint density at radius 3 is 2.31 bits per heavy atom. The first-order valence-corrected chi connectivity index (χ1v) is 15.9. The summed E-state index contributed by atoms with van der Waals surface area (Å²) < 4.78 is 28.3. The van der Waals surface area contributed by atoms with E-state index in [0.29, 0.717) is 37.0 Å². The Morgan fingerprint density at radius 2 is 1.64 bits per heavy atom. The Balaban J connectivity index is 1.36. The third-order valence-corrected chi connectivity index (χ3v) is 11.0. The van der Waals surface area contributed by atoms with Gasteiger partial charge in [-0.15, -0.1) is 11.3 Å². The molecular formula is C30H35N5O2S2. The van der Waals surface area contributed by atoms with E-state index in [4.69, 9.17) is 9.97 Å². The minimum absolute atomic E-state index is 0.357. The summed E-state index contributed by atoms with van der Waals surface area (Å²) in [5.74, 6) is 2.35. The fourth-order valence-corrected chi connectivity index (χ4v) is 8.39. The summed E-state index contributed by atoms with van der Waals surface area (Å²) in [7, 11) is 0.540. The highest BCUT2D eigenvalue weighted by molar-refractivity contribution is 7.89. The highest BCUT2D eigenvalue weighted by atomic mass is 32.2. The van der Waals surface area contributed by atoms with Gasteiger partial charge in [0.1, 0.15) is 10.6 Å². The minimum atomic E-state index is -3.53. The monoisotopic (exact) mass is 561 g/mol. The Morgan fingerprint density at radius 1 is 0.949 bits per heavy atom. The van der Waals surface area contributed by atoms with Crippen LogP contribution in [0.5, 0.6) is 0 Å². The number of nitrogens with zero attached hydrogens (tertiary/aromatic N) is 5. The molecule has 1 aliphatic heterocycles. The van der Waals surface area contributed by atoms with Gasteiger partial charge in [0.2, 0.25) is 10.0 Å². The number of fused-ring (bicyclic) bond motifs is 3. The number of aromatic nitrogens is 2. The topological polar surface area (TPSA) is 69.6 Å². The average Bonchev–Trinajstić information content (AvgIpc) is 3.30. The lowest BCUT2D eigenvalue weighted by Gasteiger charge is -2.35. The summed E-state index contributed by atoms with van der Waals surface area (Å²) >= 11 is 1.81. The van der Waals surface area contributed by atoms with Crippen LogP contribution < -0.4 is 9.80 Å². The van der Waals surface area contributed by atoms with E-state index in [2.05, 4.69) is 41.0 Å². The molecule has 0 amide bonds. The van der Waals surface area contributed by atoms with E-state index in [-0.39, 0.29) is 0 Å². The molecule has 1 saturated heterocycles. The van der Waals surface area contributed by atoms with Gasteiger partial charge in [-0.25, -0.2) is 18.4 Å². The molecule has 0 saturated carbocycles. The maximum absolute atomic E-state index is 13.3. The second-order valence-electron chi connectivity index (χ2n) is 11.0. The number of aryl methyl sites for hydroxylation is 2. The molecule has 0 radical (unpaired) electrons. The van der Waals surface area contributed by atoms with Gasteiger partial charge in [0, 0.05) is 56.4 Å². The number of piperazine rings is 1. The first-order valence-electron chi connectivity index (χ1n) is 13.6. The smallest absolute Gasteiger partial charge is 0.243 e. The minimum Gasteiger partial charge on any atom is -0.378 e. The summed E-state index contributed by atoms with van der Waals surface area (Å²) in [6.07, 6.45) is 3.31. The van der Waals surface area contributed by atoms with Crippen molar-refractivity contribution >= 4 is 43.1 Å². The zero-order chi connectivity index (χ0) is 27.3. The molecular weight excluding hydrogens is 526 g/mol. The molecule has 7 nitrogen and oxygen atoms in total. The first-order chi connectivity index (χ1) is 18.7. The molecule has 2 aromatic heterocycles. The van der Waals surface area contributed by atoms with Gasteiger partial charge in [-0.05, 0) is 74.1 Å². The van der Waals surface area contributed by atoms with Gasteiger partial charge in [-0.3, -0.25) is 0 Å². The van der Waals surface area contributed by atoms with Crippen molar-refractivity contribution in [3.8, 4) is 11.4 Å². The summed E-state index contributed by atoms with van der Waals surface area (Å²) in [6, 6.07) is 15.5. The Labute approximate surface area is 235 Å². The molecule has 1 unspecified atom stereocenters. The fourth-order valence-electron chi connectivity index (χ4n) is 5.59. The number of anilines is 2. The van der Waals surface area contributed by atoms with Crippen molar-refractivity contribution in [1.29, 1.82) is 0 Å². The largest absolute Gasteiger partial charge is 0.378 e. The van der Waals surface area contributed by atoms with Crippen LogP contribution in [0.25, 0.3) is 21.6 Å². The quantitative estimate of drug-likeness (QED) is 0.326. The second-order valence-corrected chi connectivity index (χ2v) is 14.1. The third kappa shape index (κ3) is 4.92. The van der Waals surface area contributed by atoms with Gasteiger partial charge >= 0.3 is 0 Å². The van der Waals surface area contributed by atoms with Crippen molar-refractivity contribution in [2.24, 2.45) is 5.92 Å². The number of hydrogen-bond donors (Lipinski definition) is 0. The fraction of sp³-hybridized carbons (Fsp3) is 0.400. The Kier molecular flexibility index (Phi) is 6.85. The summed E-state index contributed by atoms with van der Waals surface area (Å²) in [4.78, 5) is 17.4. The van der Waals surface area contributed by atoms with E-state index in [1.807, 2.05) is 44.5 Å². The molecule has 9 heteroatoms. The van der Waals surface area contributed by atoms with Gasteiger partial charge in [0.05, 0.1) is 10.3 Å². The van der Waals surface area contributed by atoms with Crippen LogP contribution in [0.4, 0.5) is 11.5 Å². The molecule has 4 aromatic rings. The molecule has 3 heterocycles. The highest BCUT2D eigenvalue weighted by Crippen LogP contribution is 2.42. The van der Waals surface area contributed by atoms with Gasteiger partial charge in [-0.1, -0.05) is 24.6 Å². The second kappa shape index (κ2) is 10.2. The molecule has 0 N–H and O–H groups in total. The molecule has 2 aliphatic rings. The van der Waals surface area contributed by atoms with Gasteiger partial charge in [0.15, 0.2) is 5.82 Å². The van der Waals surface area contributed by atoms with Gasteiger partial charge in [0.25, 0.3) is 0 Å². The van der Waals surface area contributed by atoms with E-state index in [0.717, 1.165) is 46.1 Å². The van der Waals surface area contributed by atoms with Crippen LogP contribution in [0.2, 0.25) is 0 Å². The maximum Gasteiger partial charge on any atom is 0.243 e. The van der Waals surface area contributed by atoms with Crippen LogP contribution in [-0.4, -0.2) is 63.0 Å². The van der Waals surface area contributed by atoms with Crippen molar-refractivity contribution in [1.82, 2.24) is 14.3 Å². The molecule has 39 heavy (non-hydrogen) atoms. The Hall–Kier alpha value is -3.01. The van der Waals surface area contributed by atoms with Crippen molar-refractivity contribution in [2.45, 2.75) is 38.0 Å². The zero-order valence-corrected chi connectivity index (χ0v) is 24.6.